The van der Waals surface area contributed by atoms with Crippen molar-refractivity contribution in [1.82, 2.24) is 0 Å². The molecule has 0 fully saturated rings. The Kier molecular flexibility index (Phi) is 5.40. The third-order valence-electron chi connectivity index (χ3n) is 2.27. The Morgan fingerprint density at radius 2 is 2.13 bits per heavy atom. The molecule has 0 heterocycles. The van der Waals surface area contributed by atoms with Gasteiger partial charge in [0.25, 0.3) is 0 Å². The summed E-state index contributed by atoms with van der Waals surface area (Å²) < 4.78 is 5.60. The molecule has 0 amide bonds. The van der Waals surface area contributed by atoms with Gasteiger partial charge in [-0.05, 0) is 24.6 Å². The fourth-order valence-electron chi connectivity index (χ4n) is 1.39. The summed E-state index contributed by atoms with van der Waals surface area (Å²) in [5.41, 5.74) is 0.876. The zero-order valence-corrected chi connectivity index (χ0v) is 9.33. The maximum atomic E-state index is 5.60. The second-order valence-electron chi connectivity index (χ2n) is 3.58. The Labute approximate surface area is 92.5 Å². The van der Waals surface area contributed by atoms with Crippen LogP contribution in [0.15, 0.2) is 24.3 Å². The van der Waals surface area contributed by atoms with Crippen molar-refractivity contribution in [3.05, 3.63) is 29.8 Å². The summed E-state index contributed by atoms with van der Waals surface area (Å²) in [6.45, 7) is 2.99. The zero-order valence-electron chi connectivity index (χ0n) is 9.33. The summed E-state index contributed by atoms with van der Waals surface area (Å²) in [5, 5.41) is 0. The molecule has 1 nitrogen and oxygen atoms in total. The van der Waals surface area contributed by atoms with E-state index in [-0.39, 0.29) is 0 Å². The predicted octanol–water partition coefficient (Wildman–Crippen LogP) is 3.63. The molecule has 15 heavy (non-hydrogen) atoms. The third-order valence-corrected chi connectivity index (χ3v) is 2.27. The standard InChI is InChI=1S/C14H18O/c1-3-5-6-7-11-15-14-10-8-9-13(4-2)12-14/h2,8-10,12H,3,5-7,11H2,1H3. The van der Waals surface area contributed by atoms with Gasteiger partial charge in [-0.2, -0.15) is 0 Å². The van der Waals surface area contributed by atoms with Gasteiger partial charge in [-0.1, -0.05) is 38.2 Å². The molecule has 0 atom stereocenters. The molecule has 0 radical (unpaired) electrons. The molecule has 0 aliphatic carbocycles. The van der Waals surface area contributed by atoms with Crippen LogP contribution < -0.4 is 4.74 Å². The van der Waals surface area contributed by atoms with E-state index in [1.165, 1.54) is 19.3 Å². The monoisotopic (exact) mass is 202 g/mol. The molecule has 0 N–H and O–H groups in total. The zero-order chi connectivity index (χ0) is 10.9. The van der Waals surface area contributed by atoms with Crippen LogP contribution in [0.2, 0.25) is 0 Å². The van der Waals surface area contributed by atoms with Crippen LogP contribution in [0, 0.1) is 12.3 Å². The van der Waals surface area contributed by atoms with Crippen LogP contribution in [0.3, 0.4) is 0 Å². The van der Waals surface area contributed by atoms with Crippen molar-refractivity contribution in [2.45, 2.75) is 32.6 Å². The quantitative estimate of drug-likeness (QED) is 0.505. The van der Waals surface area contributed by atoms with Gasteiger partial charge in [-0.3, -0.25) is 0 Å². The van der Waals surface area contributed by atoms with Crippen LogP contribution in [0.5, 0.6) is 5.75 Å². The van der Waals surface area contributed by atoms with Crippen molar-refractivity contribution >= 4 is 0 Å². The van der Waals surface area contributed by atoms with Crippen molar-refractivity contribution < 1.29 is 4.74 Å². The van der Waals surface area contributed by atoms with E-state index in [0.29, 0.717) is 0 Å². The first-order valence-electron chi connectivity index (χ1n) is 5.56. The lowest BCUT2D eigenvalue weighted by atomic mass is 10.2. The van der Waals surface area contributed by atoms with Gasteiger partial charge in [0.05, 0.1) is 6.61 Å². The molecule has 0 aliphatic heterocycles. The Morgan fingerprint density at radius 3 is 2.87 bits per heavy atom. The molecule has 1 aromatic carbocycles. The molecule has 0 bridgehead atoms. The number of ether oxygens (including phenoxy) is 1. The van der Waals surface area contributed by atoms with Crippen LogP contribution in [0.4, 0.5) is 0 Å². The van der Waals surface area contributed by atoms with E-state index in [2.05, 4.69) is 12.8 Å². The highest BCUT2D eigenvalue weighted by Crippen LogP contribution is 2.13. The summed E-state index contributed by atoms with van der Waals surface area (Å²) >= 11 is 0. The van der Waals surface area contributed by atoms with Crippen LogP contribution in [-0.4, -0.2) is 6.61 Å². The number of terminal acetylenes is 1. The first kappa shape index (κ1) is 11.7. The van der Waals surface area contributed by atoms with Gasteiger partial charge in [0, 0.05) is 5.56 Å². The van der Waals surface area contributed by atoms with E-state index >= 15 is 0 Å². The number of hydrogen-bond donors (Lipinski definition) is 0. The normalized spacial score (nSPS) is 9.60. The maximum Gasteiger partial charge on any atom is 0.120 e. The van der Waals surface area contributed by atoms with Gasteiger partial charge < -0.3 is 4.74 Å². The van der Waals surface area contributed by atoms with E-state index < -0.39 is 0 Å². The van der Waals surface area contributed by atoms with Crippen LogP contribution in [0.25, 0.3) is 0 Å². The average Bonchev–Trinajstić information content (AvgIpc) is 2.29. The second-order valence-corrected chi connectivity index (χ2v) is 3.58. The Morgan fingerprint density at radius 1 is 1.27 bits per heavy atom. The molecule has 0 unspecified atom stereocenters. The summed E-state index contributed by atoms with van der Waals surface area (Å²) in [6.07, 6.45) is 10.2. The lowest BCUT2D eigenvalue weighted by molar-refractivity contribution is 0.305. The summed E-state index contributed by atoms with van der Waals surface area (Å²) in [6, 6.07) is 7.68. The van der Waals surface area contributed by atoms with Crippen LogP contribution in [-0.2, 0) is 0 Å². The summed E-state index contributed by atoms with van der Waals surface area (Å²) in [4.78, 5) is 0. The van der Waals surface area contributed by atoms with Crippen LogP contribution >= 0.6 is 0 Å². The largest absolute Gasteiger partial charge is 0.494 e. The first-order chi connectivity index (χ1) is 7.36. The van der Waals surface area contributed by atoms with Crippen molar-refractivity contribution in [1.29, 1.82) is 0 Å². The van der Waals surface area contributed by atoms with E-state index in [9.17, 15) is 0 Å². The highest BCUT2D eigenvalue weighted by molar-refractivity contribution is 5.38. The van der Waals surface area contributed by atoms with Crippen molar-refractivity contribution in [2.24, 2.45) is 0 Å². The third kappa shape index (κ3) is 4.56. The molecule has 0 saturated heterocycles. The Balaban J connectivity index is 2.28. The van der Waals surface area contributed by atoms with E-state index in [1.54, 1.807) is 0 Å². The maximum absolute atomic E-state index is 5.60. The van der Waals surface area contributed by atoms with Gasteiger partial charge >= 0.3 is 0 Å². The van der Waals surface area contributed by atoms with E-state index in [1.807, 2.05) is 24.3 Å². The minimum Gasteiger partial charge on any atom is -0.494 e. The lowest BCUT2D eigenvalue weighted by Crippen LogP contribution is -1.97. The molecule has 1 heteroatoms. The topological polar surface area (TPSA) is 9.23 Å². The van der Waals surface area contributed by atoms with E-state index in [4.69, 9.17) is 11.2 Å². The lowest BCUT2D eigenvalue weighted by Gasteiger charge is -2.05. The minimum atomic E-state index is 0.786. The van der Waals surface area contributed by atoms with Gasteiger partial charge in [0.2, 0.25) is 0 Å². The molecule has 1 aromatic rings. The Bertz CT molecular complexity index is 322. The van der Waals surface area contributed by atoms with Crippen molar-refractivity contribution in [3.8, 4) is 18.1 Å². The highest BCUT2D eigenvalue weighted by atomic mass is 16.5. The fraction of sp³-hybridized carbons (Fsp3) is 0.429. The number of benzene rings is 1. The van der Waals surface area contributed by atoms with Crippen molar-refractivity contribution in [2.75, 3.05) is 6.61 Å². The first-order valence-corrected chi connectivity index (χ1v) is 5.56. The number of rotatable bonds is 6. The smallest absolute Gasteiger partial charge is 0.120 e. The van der Waals surface area contributed by atoms with Crippen molar-refractivity contribution in [3.63, 3.8) is 0 Å². The van der Waals surface area contributed by atoms with E-state index in [0.717, 1.165) is 24.3 Å². The van der Waals surface area contributed by atoms with Gasteiger partial charge in [0.1, 0.15) is 5.75 Å². The predicted molar refractivity (Wildman–Crippen MR) is 64.0 cm³/mol. The molecule has 0 saturated carbocycles. The molecule has 0 aromatic heterocycles. The summed E-state index contributed by atoms with van der Waals surface area (Å²) in [7, 11) is 0. The number of unbranched alkanes of at least 4 members (excludes halogenated alkanes) is 3. The molecule has 1 rings (SSSR count). The van der Waals surface area contributed by atoms with Gasteiger partial charge in [-0.25, -0.2) is 0 Å². The molecular formula is C14H18O. The average molecular weight is 202 g/mol. The van der Waals surface area contributed by atoms with Gasteiger partial charge in [-0.15, -0.1) is 6.42 Å². The van der Waals surface area contributed by atoms with Crippen LogP contribution in [0.1, 0.15) is 38.2 Å². The Hall–Kier alpha value is -1.42. The molecule has 0 spiro atoms. The second kappa shape index (κ2) is 6.95. The summed E-state index contributed by atoms with van der Waals surface area (Å²) in [5.74, 6) is 3.47. The minimum absolute atomic E-state index is 0.786. The molecule has 0 aliphatic rings. The number of hydrogen-bond acceptors (Lipinski definition) is 1. The highest BCUT2D eigenvalue weighted by Gasteiger charge is 1.94. The van der Waals surface area contributed by atoms with Gasteiger partial charge in [0.15, 0.2) is 0 Å². The fourth-order valence-corrected chi connectivity index (χ4v) is 1.39. The SMILES string of the molecule is C#Cc1cccc(OCCCCCC)c1. The molecular weight excluding hydrogens is 184 g/mol. The molecule has 80 valence electrons.